The van der Waals surface area contributed by atoms with Crippen molar-refractivity contribution in [1.29, 1.82) is 0 Å². The number of furan rings is 1. The molecule has 3 nitrogen and oxygen atoms in total. The molecule has 92 valence electrons. The lowest BCUT2D eigenvalue weighted by molar-refractivity contribution is 0.596. The zero-order chi connectivity index (χ0) is 12.8. The molecule has 18 heavy (non-hydrogen) atoms. The molecule has 2 aromatic carbocycles. The molecule has 0 bridgehead atoms. The second-order valence-electron chi connectivity index (χ2n) is 4.16. The van der Waals surface area contributed by atoms with Crippen LogP contribution in [0.25, 0.3) is 21.9 Å². The maximum atomic E-state index is 11.8. The normalized spacial score (nSPS) is 12.3. The summed E-state index contributed by atoms with van der Waals surface area (Å²) < 4.78 is 29.3. The number of sulfone groups is 1. The van der Waals surface area contributed by atoms with Crippen molar-refractivity contribution in [2.75, 3.05) is 5.75 Å². The summed E-state index contributed by atoms with van der Waals surface area (Å²) in [5.41, 5.74) is 1.39. The fraction of sp³-hybridized carbons (Fsp3) is 0.143. The van der Waals surface area contributed by atoms with Crippen molar-refractivity contribution in [3.63, 3.8) is 0 Å². The van der Waals surface area contributed by atoms with E-state index in [1.165, 1.54) is 0 Å². The van der Waals surface area contributed by atoms with Crippen LogP contribution < -0.4 is 0 Å². The van der Waals surface area contributed by atoms with Gasteiger partial charge in [0.1, 0.15) is 11.2 Å². The minimum Gasteiger partial charge on any atom is -0.456 e. The van der Waals surface area contributed by atoms with E-state index in [1.54, 1.807) is 19.1 Å². The van der Waals surface area contributed by atoms with Crippen molar-refractivity contribution < 1.29 is 12.8 Å². The van der Waals surface area contributed by atoms with E-state index >= 15 is 0 Å². The van der Waals surface area contributed by atoms with Gasteiger partial charge in [-0.1, -0.05) is 25.1 Å². The highest BCUT2D eigenvalue weighted by Crippen LogP contribution is 2.30. The highest BCUT2D eigenvalue weighted by Gasteiger charge is 2.14. The molecule has 1 heterocycles. The molecule has 4 heteroatoms. The van der Waals surface area contributed by atoms with Crippen LogP contribution in [0.1, 0.15) is 6.92 Å². The first-order chi connectivity index (χ1) is 8.62. The van der Waals surface area contributed by atoms with E-state index < -0.39 is 9.84 Å². The van der Waals surface area contributed by atoms with Crippen molar-refractivity contribution in [3.8, 4) is 0 Å². The zero-order valence-electron chi connectivity index (χ0n) is 9.88. The lowest BCUT2D eigenvalue weighted by Gasteiger charge is -2.00. The smallest absolute Gasteiger partial charge is 0.178 e. The van der Waals surface area contributed by atoms with Gasteiger partial charge in [0.25, 0.3) is 0 Å². The quantitative estimate of drug-likeness (QED) is 0.709. The molecular weight excluding hydrogens is 248 g/mol. The van der Waals surface area contributed by atoms with Crippen molar-refractivity contribution in [2.24, 2.45) is 0 Å². The fourth-order valence-corrected chi connectivity index (χ4v) is 2.96. The van der Waals surface area contributed by atoms with Crippen molar-refractivity contribution in [3.05, 3.63) is 42.5 Å². The number of rotatable bonds is 2. The molecule has 0 saturated carbocycles. The van der Waals surface area contributed by atoms with Crippen LogP contribution in [0.4, 0.5) is 0 Å². The molecule has 0 fully saturated rings. The number of hydrogen-bond donors (Lipinski definition) is 0. The van der Waals surface area contributed by atoms with Crippen LogP contribution in [0.5, 0.6) is 0 Å². The Morgan fingerprint density at radius 2 is 1.72 bits per heavy atom. The Balaban J connectivity index is 2.34. The van der Waals surface area contributed by atoms with E-state index in [0.29, 0.717) is 10.5 Å². The molecule has 0 aliphatic heterocycles. The van der Waals surface area contributed by atoms with E-state index in [0.717, 1.165) is 16.4 Å². The molecule has 0 N–H and O–H groups in total. The Hall–Kier alpha value is -1.81. The second kappa shape index (κ2) is 3.85. The van der Waals surface area contributed by atoms with E-state index in [1.807, 2.05) is 30.3 Å². The molecule has 0 saturated heterocycles. The zero-order valence-corrected chi connectivity index (χ0v) is 10.7. The monoisotopic (exact) mass is 260 g/mol. The maximum Gasteiger partial charge on any atom is 0.178 e. The van der Waals surface area contributed by atoms with Gasteiger partial charge in [-0.3, -0.25) is 0 Å². The summed E-state index contributed by atoms with van der Waals surface area (Å²) in [5.74, 6) is 0.0960. The van der Waals surface area contributed by atoms with Crippen LogP contribution in [-0.4, -0.2) is 14.2 Å². The Morgan fingerprint density at radius 3 is 2.50 bits per heavy atom. The van der Waals surface area contributed by atoms with Crippen LogP contribution in [0.3, 0.4) is 0 Å². The highest BCUT2D eigenvalue weighted by molar-refractivity contribution is 7.91. The summed E-state index contributed by atoms with van der Waals surface area (Å²) in [6.07, 6.45) is 0. The number of benzene rings is 2. The molecule has 3 aromatic rings. The van der Waals surface area contributed by atoms with E-state index in [2.05, 4.69) is 0 Å². The Bertz CT molecular complexity index is 828. The fourth-order valence-electron chi connectivity index (χ4n) is 2.07. The van der Waals surface area contributed by atoms with Gasteiger partial charge >= 0.3 is 0 Å². The number of hydrogen-bond acceptors (Lipinski definition) is 3. The molecular formula is C14H12O3S. The Kier molecular flexibility index (Phi) is 2.41. The van der Waals surface area contributed by atoms with Gasteiger partial charge in [-0.25, -0.2) is 8.42 Å². The lowest BCUT2D eigenvalue weighted by atomic mass is 10.2. The Labute approximate surface area is 105 Å². The molecule has 0 aliphatic rings. The summed E-state index contributed by atoms with van der Waals surface area (Å²) >= 11 is 0. The summed E-state index contributed by atoms with van der Waals surface area (Å²) in [4.78, 5) is 0.316. The second-order valence-corrected chi connectivity index (χ2v) is 6.44. The van der Waals surface area contributed by atoms with Gasteiger partial charge in [0.15, 0.2) is 9.84 Å². The van der Waals surface area contributed by atoms with Crippen LogP contribution in [0.15, 0.2) is 51.8 Å². The van der Waals surface area contributed by atoms with Gasteiger partial charge in [0, 0.05) is 16.8 Å². The van der Waals surface area contributed by atoms with Gasteiger partial charge in [0.2, 0.25) is 0 Å². The van der Waals surface area contributed by atoms with Gasteiger partial charge in [-0.2, -0.15) is 0 Å². The minimum absolute atomic E-state index is 0.0960. The van der Waals surface area contributed by atoms with E-state index in [-0.39, 0.29) is 5.75 Å². The van der Waals surface area contributed by atoms with Gasteiger partial charge in [-0.05, 0) is 18.2 Å². The molecule has 3 rings (SSSR count). The molecule has 0 atom stereocenters. The highest BCUT2D eigenvalue weighted by atomic mass is 32.2. The summed E-state index contributed by atoms with van der Waals surface area (Å²) in [7, 11) is -3.19. The molecule has 0 amide bonds. The summed E-state index contributed by atoms with van der Waals surface area (Å²) in [6, 6.07) is 12.7. The van der Waals surface area contributed by atoms with E-state index in [4.69, 9.17) is 4.42 Å². The maximum absolute atomic E-state index is 11.8. The van der Waals surface area contributed by atoms with Crippen molar-refractivity contribution >= 4 is 31.8 Å². The summed E-state index contributed by atoms with van der Waals surface area (Å²) in [6.45, 7) is 1.64. The first-order valence-corrected chi connectivity index (χ1v) is 7.41. The van der Waals surface area contributed by atoms with Crippen molar-refractivity contribution in [2.45, 2.75) is 11.8 Å². The van der Waals surface area contributed by atoms with E-state index in [9.17, 15) is 8.42 Å². The van der Waals surface area contributed by atoms with Crippen LogP contribution >= 0.6 is 0 Å². The van der Waals surface area contributed by atoms with Crippen LogP contribution in [0.2, 0.25) is 0 Å². The molecule has 0 radical (unpaired) electrons. The summed E-state index contributed by atoms with van der Waals surface area (Å²) in [5, 5.41) is 1.95. The molecule has 0 spiro atoms. The predicted octanol–water partition coefficient (Wildman–Crippen LogP) is 3.38. The van der Waals surface area contributed by atoms with Gasteiger partial charge in [0.05, 0.1) is 10.6 Å². The van der Waals surface area contributed by atoms with Gasteiger partial charge < -0.3 is 4.42 Å². The SMILES string of the molecule is CCS(=O)(=O)c1ccc2c(c1)oc1ccccc12. The largest absolute Gasteiger partial charge is 0.456 e. The standard InChI is InChI=1S/C14H12O3S/c1-2-18(15,16)10-7-8-12-11-5-3-4-6-13(11)17-14(12)9-10/h3-9H,2H2,1H3. The first kappa shape index (κ1) is 11.3. The molecule has 0 aliphatic carbocycles. The third-order valence-corrected chi connectivity index (χ3v) is 4.82. The number of fused-ring (bicyclic) bond motifs is 3. The lowest BCUT2D eigenvalue weighted by Crippen LogP contribution is -2.02. The minimum atomic E-state index is -3.19. The first-order valence-electron chi connectivity index (χ1n) is 5.76. The average molecular weight is 260 g/mol. The predicted molar refractivity (Wildman–Crippen MR) is 71.4 cm³/mol. The number of para-hydroxylation sites is 1. The Morgan fingerprint density at radius 1 is 1.00 bits per heavy atom. The topological polar surface area (TPSA) is 47.3 Å². The van der Waals surface area contributed by atoms with Crippen LogP contribution in [0, 0.1) is 0 Å². The molecule has 0 unspecified atom stereocenters. The third-order valence-electron chi connectivity index (χ3n) is 3.09. The van der Waals surface area contributed by atoms with Gasteiger partial charge in [-0.15, -0.1) is 0 Å². The average Bonchev–Trinajstić information content (AvgIpc) is 2.76. The molecule has 1 aromatic heterocycles. The van der Waals surface area contributed by atoms with Crippen LogP contribution in [-0.2, 0) is 9.84 Å². The third kappa shape index (κ3) is 1.61. The van der Waals surface area contributed by atoms with Crippen molar-refractivity contribution in [1.82, 2.24) is 0 Å².